The first-order chi connectivity index (χ1) is 12.8. The van der Waals surface area contributed by atoms with Gasteiger partial charge in [-0.25, -0.2) is 4.99 Å². The van der Waals surface area contributed by atoms with Crippen LogP contribution >= 0.6 is 0 Å². The first kappa shape index (κ1) is 20.5. The summed E-state index contributed by atoms with van der Waals surface area (Å²) in [6.07, 6.45) is 2.08. The van der Waals surface area contributed by atoms with Gasteiger partial charge in [0.25, 0.3) is 0 Å². The number of hydrogen-bond acceptors (Lipinski definition) is 4. The third-order valence-corrected chi connectivity index (χ3v) is 4.11. The molecule has 2 rings (SSSR count). The fourth-order valence-electron chi connectivity index (χ4n) is 2.76. The molecule has 0 amide bonds. The molecule has 0 aromatic heterocycles. The molecule has 0 saturated carbocycles. The molecular formula is C20H33N3O3. The van der Waals surface area contributed by atoms with E-state index in [1.165, 1.54) is 0 Å². The summed E-state index contributed by atoms with van der Waals surface area (Å²) in [6, 6.07) is 8.08. The Morgan fingerprint density at radius 1 is 1.31 bits per heavy atom. The second-order valence-corrected chi connectivity index (χ2v) is 6.36. The van der Waals surface area contributed by atoms with Crippen LogP contribution in [0.15, 0.2) is 29.3 Å². The molecule has 26 heavy (non-hydrogen) atoms. The van der Waals surface area contributed by atoms with E-state index in [9.17, 15) is 0 Å². The smallest absolute Gasteiger partial charge is 0.191 e. The molecule has 146 valence electrons. The minimum atomic E-state index is 0.578. The van der Waals surface area contributed by atoms with E-state index in [-0.39, 0.29) is 0 Å². The Labute approximate surface area is 157 Å². The van der Waals surface area contributed by atoms with Gasteiger partial charge in [-0.1, -0.05) is 12.1 Å². The normalized spacial score (nSPS) is 17.3. The SMILES string of the molecule is CCNC(=NCc1cccc(OCC)c1)NCCCOCC1CCOC1. The van der Waals surface area contributed by atoms with Gasteiger partial charge in [0, 0.05) is 32.2 Å². The Kier molecular flexibility index (Phi) is 9.90. The van der Waals surface area contributed by atoms with E-state index in [4.69, 9.17) is 14.2 Å². The molecule has 1 saturated heterocycles. The van der Waals surface area contributed by atoms with Crippen LogP contribution in [0.25, 0.3) is 0 Å². The van der Waals surface area contributed by atoms with Crippen LogP contribution in [0.1, 0.15) is 32.3 Å². The molecule has 0 bridgehead atoms. The number of nitrogens with one attached hydrogen (secondary N) is 2. The van der Waals surface area contributed by atoms with Crippen LogP contribution < -0.4 is 15.4 Å². The maximum Gasteiger partial charge on any atom is 0.191 e. The summed E-state index contributed by atoms with van der Waals surface area (Å²) < 4.78 is 16.6. The summed E-state index contributed by atoms with van der Waals surface area (Å²) >= 11 is 0. The van der Waals surface area contributed by atoms with Gasteiger partial charge in [-0.05, 0) is 44.4 Å². The van der Waals surface area contributed by atoms with Crippen molar-refractivity contribution in [2.45, 2.75) is 33.2 Å². The second-order valence-electron chi connectivity index (χ2n) is 6.36. The average Bonchev–Trinajstić information content (AvgIpc) is 3.16. The first-order valence-corrected chi connectivity index (χ1v) is 9.71. The largest absolute Gasteiger partial charge is 0.494 e. The lowest BCUT2D eigenvalue weighted by molar-refractivity contribution is 0.0888. The third-order valence-electron chi connectivity index (χ3n) is 4.11. The number of hydrogen-bond donors (Lipinski definition) is 2. The van der Waals surface area contributed by atoms with Gasteiger partial charge in [0.05, 0.1) is 26.4 Å². The Morgan fingerprint density at radius 2 is 2.23 bits per heavy atom. The zero-order chi connectivity index (χ0) is 18.5. The summed E-state index contributed by atoms with van der Waals surface area (Å²) in [5.74, 6) is 2.30. The molecule has 2 N–H and O–H groups in total. The molecule has 0 radical (unpaired) electrons. The molecular weight excluding hydrogens is 330 g/mol. The second kappa shape index (κ2) is 12.5. The minimum absolute atomic E-state index is 0.578. The van der Waals surface area contributed by atoms with Crippen molar-refractivity contribution in [2.24, 2.45) is 10.9 Å². The van der Waals surface area contributed by atoms with Crippen molar-refractivity contribution in [3.05, 3.63) is 29.8 Å². The third kappa shape index (κ3) is 8.06. The Bertz CT molecular complexity index is 531. The van der Waals surface area contributed by atoms with Gasteiger partial charge in [0.1, 0.15) is 5.75 Å². The molecule has 6 nitrogen and oxygen atoms in total. The summed E-state index contributed by atoms with van der Waals surface area (Å²) in [6.45, 7) is 10.3. The van der Waals surface area contributed by atoms with Gasteiger partial charge in [0.15, 0.2) is 5.96 Å². The standard InChI is InChI=1S/C20H33N3O3/c1-3-21-20(22-10-6-11-24-15-18-9-12-25-16-18)23-14-17-7-5-8-19(13-17)26-4-2/h5,7-8,13,18H,3-4,6,9-12,14-16H2,1-2H3,(H2,21,22,23). The van der Waals surface area contributed by atoms with Gasteiger partial charge in [-0.15, -0.1) is 0 Å². The molecule has 0 spiro atoms. The molecule has 0 aliphatic carbocycles. The zero-order valence-corrected chi connectivity index (χ0v) is 16.1. The van der Waals surface area contributed by atoms with E-state index in [2.05, 4.69) is 28.6 Å². The molecule has 1 aromatic rings. The van der Waals surface area contributed by atoms with Crippen molar-refractivity contribution >= 4 is 5.96 Å². The molecule has 1 aliphatic rings. The van der Waals surface area contributed by atoms with E-state index >= 15 is 0 Å². The predicted molar refractivity (Wildman–Crippen MR) is 105 cm³/mol. The number of nitrogens with zero attached hydrogens (tertiary/aromatic N) is 1. The van der Waals surface area contributed by atoms with Crippen molar-refractivity contribution in [1.29, 1.82) is 0 Å². The topological polar surface area (TPSA) is 64.1 Å². The molecule has 1 fully saturated rings. The monoisotopic (exact) mass is 363 g/mol. The lowest BCUT2D eigenvalue weighted by Crippen LogP contribution is -2.38. The van der Waals surface area contributed by atoms with E-state index < -0.39 is 0 Å². The van der Waals surface area contributed by atoms with E-state index in [1.54, 1.807) is 0 Å². The van der Waals surface area contributed by atoms with Crippen LogP contribution in [-0.2, 0) is 16.0 Å². The lowest BCUT2D eigenvalue weighted by Gasteiger charge is -2.12. The zero-order valence-electron chi connectivity index (χ0n) is 16.1. The molecule has 1 heterocycles. The van der Waals surface area contributed by atoms with Crippen molar-refractivity contribution < 1.29 is 14.2 Å². The summed E-state index contributed by atoms with van der Waals surface area (Å²) in [5.41, 5.74) is 1.13. The summed E-state index contributed by atoms with van der Waals surface area (Å²) in [5, 5.41) is 6.64. The van der Waals surface area contributed by atoms with Crippen LogP contribution in [0.5, 0.6) is 5.75 Å². The van der Waals surface area contributed by atoms with Gasteiger partial charge in [-0.2, -0.15) is 0 Å². The highest BCUT2D eigenvalue weighted by atomic mass is 16.5. The Hall–Kier alpha value is -1.79. The average molecular weight is 364 g/mol. The highest BCUT2D eigenvalue weighted by Gasteiger charge is 2.15. The van der Waals surface area contributed by atoms with Crippen LogP contribution in [0.3, 0.4) is 0 Å². The van der Waals surface area contributed by atoms with Gasteiger partial charge >= 0.3 is 0 Å². The molecule has 1 atom stereocenters. The maximum absolute atomic E-state index is 5.73. The van der Waals surface area contributed by atoms with Gasteiger partial charge in [-0.3, -0.25) is 0 Å². The van der Waals surface area contributed by atoms with Gasteiger partial charge < -0.3 is 24.8 Å². The van der Waals surface area contributed by atoms with Gasteiger partial charge in [0.2, 0.25) is 0 Å². The molecule has 1 aromatic carbocycles. The number of rotatable bonds is 11. The van der Waals surface area contributed by atoms with E-state index in [0.717, 1.165) is 69.6 Å². The number of ether oxygens (including phenoxy) is 3. The molecule has 6 heteroatoms. The van der Waals surface area contributed by atoms with E-state index in [0.29, 0.717) is 19.1 Å². The fourth-order valence-corrected chi connectivity index (χ4v) is 2.76. The summed E-state index contributed by atoms with van der Waals surface area (Å²) in [4.78, 5) is 4.65. The highest BCUT2D eigenvalue weighted by molar-refractivity contribution is 5.79. The van der Waals surface area contributed by atoms with Crippen molar-refractivity contribution in [3.8, 4) is 5.75 Å². The number of benzene rings is 1. The van der Waals surface area contributed by atoms with Crippen molar-refractivity contribution in [2.75, 3.05) is 46.1 Å². The predicted octanol–water partition coefficient (Wildman–Crippen LogP) is 2.58. The number of guanidine groups is 1. The first-order valence-electron chi connectivity index (χ1n) is 9.71. The Morgan fingerprint density at radius 3 is 3.00 bits per heavy atom. The highest BCUT2D eigenvalue weighted by Crippen LogP contribution is 2.14. The van der Waals surface area contributed by atoms with Crippen LogP contribution in [0, 0.1) is 5.92 Å². The number of aliphatic imine (C=N–C) groups is 1. The van der Waals surface area contributed by atoms with Crippen LogP contribution in [-0.4, -0.2) is 52.1 Å². The maximum atomic E-state index is 5.73. The lowest BCUT2D eigenvalue weighted by atomic mass is 10.1. The molecule has 1 unspecified atom stereocenters. The van der Waals surface area contributed by atoms with Crippen molar-refractivity contribution in [3.63, 3.8) is 0 Å². The van der Waals surface area contributed by atoms with Crippen LogP contribution in [0.4, 0.5) is 0 Å². The van der Waals surface area contributed by atoms with Crippen LogP contribution in [0.2, 0.25) is 0 Å². The molecule has 1 aliphatic heterocycles. The quantitative estimate of drug-likeness (QED) is 0.359. The van der Waals surface area contributed by atoms with E-state index in [1.807, 2.05) is 25.1 Å². The van der Waals surface area contributed by atoms with Crippen molar-refractivity contribution in [1.82, 2.24) is 10.6 Å². The Balaban J connectivity index is 1.67. The fraction of sp³-hybridized carbons (Fsp3) is 0.650. The summed E-state index contributed by atoms with van der Waals surface area (Å²) in [7, 11) is 0. The minimum Gasteiger partial charge on any atom is -0.494 e.